The van der Waals surface area contributed by atoms with Crippen LogP contribution in [0.5, 0.6) is 0 Å². The molecule has 1 aromatic carbocycles. The van der Waals surface area contributed by atoms with E-state index in [0.29, 0.717) is 13.1 Å². The molecular weight excluding hydrogens is 254 g/mol. The molecule has 1 N–H and O–H groups in total. The van der Waals surface area contributed by atoms with E-state index < -0.39 is 0 Å². The number of hydrogen-bond donors (Lipinski definition) is 1. The van der Waals surface area contributed by atoms with E-state index >= 15 is 0 Å². The van der Waals surface area contributed by atoms with Gasteiger partial charge in [-0.05, 0) is 19.1 Å². The van der Waals surface area contributed by atoms with Gasteiger partial charge in [0.05, 0.1) is 6.04 Å². The molecule has 108 valence electrons. The van der Waals surface area contributed by atoms with Crippen LogP contribution in [0.1, 0.15) is 13.8 Å². The lowest BCUT2D eigenvalue weighted by molar-refractivity contribution is -0.131. The second-order valence-corrected chi connectivity index (χ2v) is 5.07. The van der Waals surface area contributed by atoms with E-state index in [0.717, 1.165) is 18.8 Å². The van der Waals surface area contributed by atoms with Crippen LogP contribution in [-0.2, 0) is 9.59 Å². The molecule has 1 aliphatic heterocycles. The standard InChI is InChI=1S/C15H21N3O2/c1-12(15(20)16-14-6-4-3-5-7-14)17-8-10-18(11-9-17)13(2)19/h3-7,12H,8-11H2,1-2H3,(H,16,20)/t12-/m1/s1. The van der Waals surface area contributed by atoms with E-state index in [2.05, 4.69) is 10.2 Å². The largest absolute Gasteiger partial charge is 0.340 e. The van der Waals surface area contributed by atoms with Crippen molar-refractivity contribution in [1.29, 1.82) is 0 Å². The first kappa shape index (κ1) is 14.5. The number of benzene rings is 1. The zero-order valence-electron chi connectivity index (χ0n) is 12.0. The molecule has 2 amide bonds. The molecule has 1 fully saturated rings. The van der Waals surface area contributed by atoms with Gasteiger partial charge in [0.2, 0.25) is 11.8 Å². The summed E-state index contributed by atoms with van der Waals surface area (Å²) in [6.07, 6.45) is 0. The van der Waals surface area contributed by atoms with Crippen molar-refractivity contribution >= 4 is 17.5 Å². The Bertz CT molecular complexity index is 467. The summed E-state index contributed by atoms with van der Waals surface area (Å²) in [5.74, 6) is 0.0958. The molecule has 1 saturated heterocycles. The van der Waals surface area contributed by atoms with E-state index in [-0.39, 0.29) is 17.9 Å². The molecule has 0 unspecified atom stereocenters. The lowest BCUT2D eigenvalue weighted by atomic mass is 10.2. The maximum absolute atomic E-state index is 12.2. The fourth-order valence-corrected chi connectivity index (χ4v) is 2.36. The van der Waals surface area contributed by atoms with E-state index in [4.69, 9.17) is 0 Å². The Hall–Kier alpha value is -1.88. The topological polar surface area (TPSA) is 52.7 Å². The third kappa shape index (κ3) is 3.57. The molecule has 1 heterocycles. The molecule has 0 aliphatic carbocycles. The highest BCUT2D eigenvalue weighted by atomic mass is 16.2. The molecule has 0 radical (unpaired) electrons. The summed E-state index contributed by atoms with van der Waals surface area (Å²) >= 11 is 0. The summed E-state index contributed by atoms with van der Waals surface area (Å²) in [7, 11) is 0. The highest BCUT2D eigenvalue weighted by Gasteiger charge is 2.26. The fourth-order valence-electron chi connectivity index (χ4n) is 2.36. The van der Waals surface area contributed by atoms with E-state index in [1.807, 2.05) is 42.2 Å². The number of para-hydroxylation sites is 1. The van der Waals surface area contributed by atoms with Gasteiger partial charge in [-0.2, -0.15) is 0 Å². The van der Waals surface area contributed by atoms with E-state index in [9.17, 15) is 9.59 Å². The molecule has 1 aliphatic rings. The minimum atomic E-state index is -0.190. The quantitative estimate of drug-likeness (QED) is 0.901. The first-order valence-electron chi connectivity index (χ1n) is 6.93. The van der Waals surface area contributed by atoms with Crippen LogP contribution in [0.4, 0.5) is 5.69 Å². The third-order valence-electron chi connectivity index (χ3n) is 3.73. The van der Waals surface area contributed by atoms with E-state index in [1.165, 1.54) is 0 Å². The predicted molar refractivity (Wildman–Crippen MR) is 78.4 cm³/mol. The molecule has 0 aromatic heterocycles. The number of nitrogens with one attached hydrogen (secondary N) is 1. The van der Waals surface area contributed by atoms with Gasteiger partial charge in [0, 0.05) is 38.8 Å². The smallest absolute Gasteiger partial charge is 0.241 e. The SMILES string of the molecule is CC(=O)N1CCN([C@H](C)C(=O)Nc2ccccc2)CC1. The van der Waals surface area contributed by atoms with Crippen molar-refractivity contribution in [2.45, 2.75) is 19.9 Å². The summed E-state index contributed by atoms with van der Waals surface area (Å²) in [5.41, 5.74) is 0.812. The minimum absolute atomic E-state index is 0.00697. The third-order valence-corrected chi connectivity index (χ3v) is 3.73. The van der Waals surface area contributed by atoms with Gasteiger partial charge < -0.3 is 10.2 Å². The highest BCUT2D eigenvalue weighted by molar-refractivity contribution is 5.94. The van der Waals surface area contributed by atoms with Crippen LogP contribution >= 0.6 is 0 Å². The zero-order valence-corrected chi connectivity index (χ0v) is 12.0. The number of hydrogen-bond acceptors (Lipinski definition) is 3. The second kappa shape index (κ2) is 6.52. The summed E-state index contributed by atoms with van der Waals surface area (Å²) in [6, 6.07) is 9.26. The van der Waals surface area contributed by atoms with Gasteiger partial charge in [-0.15, -0.1) is 0 Å². The van der Waals surface area contributed by atoms with Crippen LogP contribution in [0, 0.1) is 0 Å². The average Bonchev–Trinajstić information content (AvgIpc) is 2.47. The van der Waals surface area contributed by atoms with Crippen LogP contribution in [0.25, 0.3) is 0 Å². The molecule has 0 bridgehead atoms. The summed E-state index contributed by atoms with van der Waals surface area (Å²) < 4.78 is 0. The summed E-state index contributed by atoms with van der Waals surface area (Å²) in [4.78, 5) is 27.4. The maximum atomic E-state index is 12.2. The summed E-state index contributed by atoms with van der Waals surface area (Å²) in [6.45, 7) is 6.35. The molecule has 5 nitrogen and oxygen atoms in total. The molecule has 0 saturated carbocycles. The molecule has 20 heavy (non-hydrogen) atoms. The minimum Gasteiger partial charge on any atom is -0.340 e. The number of rotatable bonds is 3. The van der Waals surface area contributed by atoms with Gasteiger partial charge in [0.1, 0.15) is 0 Å². The predicted octanol–water partition coefficient (Wildman–Crippen LogP) is 1.18. The first-order chi connectivity index (χ1) is 9.58. The van der Waals surface area contributed by atoms with Crippen molar-refractivity contribution in [3.8, 4) is 0 Å². The number of nitrogens with zero attached hydrogens (tertiary/aromatic N) is 2. The molecule has 5 heteroatoms. The molecule has 2 rings (SSSR count). The zero-order chi connectivity index (χ0) is 14.5. The lowest BCUT2D eigenvalue weighted by Gasteiger charge is -2.37. The van der Waals surface area contributed by atoms with Crippen molar-refractivity contribution in [2.75, 3.05) is 31.5 Å². The van der Waals surface area contributed by atoms with Crippen LogP contribution < -0.4 is 5.32 Å². The van der Waals surface area contributed by atoms with Crippen LogP contribution in [0.3, 0.4) is 0 Å². The van der Waals surface area contributed by atoms with Crippen LogP contribution in [-0.4, -0.2) is 53.8 Å². The second-order valence-electron chi connectivity index (χ2n) is 5.07. The normalized spacial score (nSPS) is 17.6. The highest BCUT2D eigenvalue weighted by Crippen LogP contribution is 2.10. The Kier molecular flexibility index (Phi) is 4.74. The Morgan fingerprint density at radius 1 is 1.10 bits per heavy atom. The Morgan fingerprint density at radius 2 is 1.70 bits per heavy atom. The average molecular weight is 275 g/mol. The summed E-state index contributed by atoms with van der Waals surface area (Å²) in [5, 5.41) is 2.91. The Balaban J connectivity index is 1.87. The van der Waals surface area contributed by atoms with E-state index in [1.54, 1.807) is 6.92 Å². The van der Waals surface area contributed by atoms with Crippen molar-refractivity contribution < 1.29 is 9.59 Å². The molecule has 1 atom stereocenters. The van der Waals surface area contributed by atoms with Crippen LogP contribution in [0.2, 0.25) is 0 Å². The van der Waals surface area contributed by atoms with Crippen molar-refractivity contribution in [2.24, 2.45) is 0 Å². The van der Waals surface area contributed by atoms with Gasteiger partial charge >= 0.3 is 0 Å². The monoisotopic (exact) mass is 275 g/mol. The van der Waals surface area contributed by atoms with Crippen molar-refractivity contribution in [3.63, 3.8) is 0 Å². The fraction of sp³-hybridized carbons (Fsp3) is 0.467. The number of carbonyl (C=O) groups is 2. The van der Waals surface area contributed by atoms with Crippen LogP contribution in [0.15, 0.2) is 30.3 Å². The Labute approximate surface area is 119 Å². The first-order valence-corrected chi connectivity index (χ1v) is 6.93. The van der Waals surface area contributed by atoms with Gasteiger partial charge in [0.25, 0.3) is 0 Å². The molecule has 1 aromatic rings. The maximum Gasteiger partial charge on any atom is 0.241 e. The number of anilines is 1. The van der Waals surface area contributed by atoms with Gasteiger partial charge in [-0.3, -0.25) is 14.5 Å². The number of amides is 2. The molecule has 0 spiro atoms. The lowest BCUT2D eigenvalue weighted by Crippen LogP contribution is -2.53. The van der Waals surface area contributed by atoms with Crippen molar-refractivity contribution in [3.05, 3.63) is 30.3 Å². The molecular formula is C15H21N3O2. The Morgan fingerprint density at radius 3 is 2.25 bits per heavy atom. The number of carbonyl (C=O) groups excluding carboxylic acids is 2. The van der Waals surface area contributed by atoms with Gasteiger partial charge in [-0.25, -0.2) is 0 Å². The van der Waals surface area contributed by atoms with Gasteiger partial charge in [0.15, 0.2) is 0 Å². The van der Waals surface area contributed by atoms with Crippen molar-refractivity contribution in [1.82, 2.24) is 9.80 Å². The van der Waals surface area contributed by atoms with Gasteiger partial charge in [-0.1, -0.05) is 18.2 Å². The number of piperazine rings is 1.